The molecule has 1 aromatic carbocycles. The van der Waals surface area contributed by atoms with Gasteiger partial charge in [0.15, 0.2) is 0 Å². The fraction of sp³-hybridized carbons (Fsp3) is 0.571. The molecule has 2 aliphatic rings. The van der Waals surface area contributed by atoms with Gasteiger partial charge < -0.3 is 10.8 Å². The van der Waals surface area contributed by atoms with Crippen LogP contribution < -0.4 is 5.73 Å². The third-order valence-corrected chi connectivity index (χ3v) is 4.28. The van der Waals surface area contributed by atoms with Crippen molar-refractivity contribution in [3.8, 4) is 0 Å². The first kappa shape index (κ1) is 11.9. The highest BCUT2D eigenvalue weighted by atomic mass is 19.1. The van der Waals surface area contributed by atoms with Gasteiger partial charge in [0.25, 0.3) is 0 Å². The lowest BCUT2D eigenvalue weighted by Gasteiger charge is -2.18. The van der Waals surface area contributed by atoms with E-state index in [0.29, 0.717) is 17.5 Å². The first-order valence-corrected chi connectivity index (χ1v) is 6.57. The van der Waals surface area contributed by atoms with Gasteiger partial charge in [0.2, 0.25) is 0 Å². The molecule has 0 spiro atoms. The van der Waals surface area contributed by atoms with Crippen LogP contribution in [0.25, 0.3) is 0 Å². The Morgan fingerprint density at radius 1 is 1.28 bits per heavy atom. The summed E-state index contributed by atoms with van der Waals surface area (Å²) in [6.07, 6.45) is 1.92. The number of nitrogen functional groups attached to an aromatic ring is 1. The Labute approximate surface area is 106 Å². The van der Waals surface area contributed by atoms with E-state index in [1.54, 1.807) is 6.07 Å². The van der Waals surface area contributed by atoms with E-state index in [-0.39, 0.29) is 11.9 Å². The smallest absolute Gasteiger partial charge is 0.125 e. The fourth-order valence-corrected chi connectivity index (χ4v) is 3.48. The first-order chi connectivity index (χ1) is 8.61. The summed E-state index contributed by atoms with van der Waals surface area (Å²) >= 11 is 0. The Bertz CT molecular complexity index is 431. The minimum absolute atomic E-state index is 0.141. The van der Waals surface area contributed by atoms with Crippen molar-refractivity contribution >= 4 is 5.69 Å². The Kier molecular flexibility index (Phi) is 2.99. The van der Waals surface area contributed by atoms with Gasteiger partial charge in [-0.2, -0.15) is 0 Å². The van der Waals surface area contributed by atoms with Crippen LogP contribution in [-0.2, 0) is 6.54 Å². The van der Waals surface area contributed by atoms with Crippen LogP contribution in [0.1, 0.15) is 18.4 Å². The number of benzene rings is 1. The number of halogens is 1. The molecule has 1 heterocycles. The third kappa shape index (κ3) is 2.22. The van der Waals surface area contributed by atoms with Crippen LogP contribution in [0.4, 0.5) is 10.1 Å². The molecule has 4 heteroatoms. The van der Waals surface area contributed by atoms with E-state index in [1.165, 1.54) is 6.07 Å². The van der Waals surface area contributed by atoms with E-state index in [9.17, 15) is 9.50 Å². The van der Waals surface area contributed by atoms with Crippen molar-refractivity contribution in [2.45, 2.75) is 25.5 Å². The van der Waals surface area contributed by atoms with Crippen molar-refractivity contribution in [1.82, 2.24) is 4.90 Å². The van der Waals surface area contributed by atoms with Crippen LogP contribution in [-0.4, -0.2) is 29.2 Å². The minimum Gasteiger partial charge on any atom is -0.399 e. The Hall–Kier alpha value is -1.13. The molecule has 3 N–H and O–H groups in total. The second-order valence-corrected chi connectivity index (χ2v) is 5.66. The zero-order valence-electron chi connectivity index (χ0n) is 10.3. The van der Waals surface area contributed by atoms with Gasteiger partial charge in [-0.3, -0.25) is 4.90 Å². The van der Waals surface area contributed by atoms with E-state index < -0.39 is 0 Å². The Balaban J connectivity index is 1.67. The first-order valence-electron chi connectivity index (χ1n) is 6.57. The van der Waals surface area contributed by atoms with E-state index in [1.807, 2.05) is 6.07 Å². The summed E-state index contributed by atoms with van der Waals surface area (Å²) in [4.78, 5) is 2.30. The van der Waals surface area contributed by atoms with Crippen LogP contribution >= 0.6 is 0 Å². The molecule has 3 atom stereocenters. The quantitative estimate of drug-likeness (QED) is 0.784. The number of nitrogens with zero attached hydrogens (tertiary/aromatic N) is 1. The number of nitrogens with two attached hydrogens (primary N) is 1. The van der Waals surface area contributed by atoms with Gasteiger partial charge >= 0.3 is 0 Å². The van der Waals surface area contributed by atoms with Gasteiger partial charge in [-0.15, -0.1) is 0 Å². The summed E-state index contributed by atoms with van der Waals surface area (Å²) < 4.78 is 13.3. The highest BCUT2D eigenvalue weighted by molar-refractivity contribution is 5.41. The zero-order valence-corrected chi connectivity index (χ0v) is 10.3. The standard InChI is InChI=1S/C14H19FN2O/c15-11-3-9(4-12(16)5-11)6-17-7-10-1-2-14(18)13(10)8-17/h3-5,10,13-14,18H,1-2,6-8,16H2. The third-order valence-electron chi connectivity index (χ3n) is 4.28. The maximum absolute atomic E-state index is 13.3. The van der Waals surface area contributed by atoms with E-state index in [0.717, 1.165) is 38.0 Å². The number of anilines is 1. The van der Waals surface area contributed by atoms with E-state index in [2.05, 4.69) is 4.90 Å². The number of likely N-dealkylation sites (tertiary alicyclic amines) is 1. The molecule has 1 saturated carbocycles. The second kappa shape index (κ2) is 4.52. The lowest BCUT2D eigenvalue weighted by Crippen LogP contribution is -2.24. The normalized spacial score (nSPS) is 31.8. The molecule has 3 nitrogen and oxygen atoms in total. The molecule has 1 aromatic rings. The van der Waals surface area contributed by atoms with Gasteiger partial charge in [-0.25, -0.2) is 4.39 Å². The maximum Gasteiger partial charge on any atom is 0.125 e. The molecule has 0 amide bonds. The average Bonchev–Trinajstić information content (AvgIpc) is 2.80. The molecule has 18 heavy (non-hydrogen) atoms. The van der Waals surface area contributed by atoms with E-state index >= 15 is 0 Å². The fourth-order valence-electron chi connectivity index (χ4n) is 3.48. The molecule has 3 rings (SSSR count). The second-order valence-electron chi connectivity index (χ2n) is 5.66. The van der Waals surface area contributed by atoms with Gasteiger partial charge in [-0.05, 0) is 42.5 Å². The molecule has 1 saturated heterocycles. The van der Waals surface area contributed by atoms with Gasteiger partial charge in [0, 0.05) is 31.2 Å². The molecule has 0 radical (unpaired) electrons. The van der Waals surface area contributed by atoms with Crippen molar-refractivity contribution in [2.24, 2.45) is 11.8 Å². The largest absolute Gasteiger partial charge is 0.399 e. The van der Waals surface area contributed by atoms with Crippen molar-refractivity contribution in [2.75, 3.05) is 18.8 Å². The highest BCUT2D eigenvalue weighted by Gasteiger charge is 2.41. The van der Waals surface area contributed by atoms with Gasteiger partial charge in [0.1, 0.15) is 5.82 Å². The number of rotatable bonds is 2. The molecular weight excluding hydrogens is 231 g/mol. The topological polar surface area (TPSA) is 49.5 Å². The molecule has 98 valence electrons. The summed E-state index contributed by atoms with van der Waals surface area (Å²) in [6.45, 7) is 2.65. The summed E-state index contributed by atoms with van der Waals surface area (Å²) in [5, 5.41) is 9.86. The highest BCUT2D eigenvalue weighted by Crippen LogP contribution is 2.38. The monoisotopic (exact) mass is 250 g/mol. The van der Waals surface area contributed by atoms with Crippen LogP contribution in [0.15, 0.2) is 18.2 Å². The molecule has 2 fully saturated rings. The predicted octanol–water partition coefficient (Wildman–Crippen LogP) is 1.61. The maximum atomic E-state index is 13.3. The van der Waals surface area contributed by atoms with Gasteiger partial charge in [0.05, 0.1) is 6.10 Å². The average molecular weight is 250 g/mol. The summed E-state index contributed by atoms with van der Waals surface area (Å²) in [5.41, 5.74) is 7.04. The zero-order chi connectivity index (χ0) is 12.7. The van der Waals surface area contributed by atoms with E-state index in [4.69, 9.17) is 5.73 Å². The summed E-state index contributed by atoms with van der Waals surface area (Å²) in [5.74, 6) is 0.756. The Morgan fingerprint density at radius 2 is 2.11 bits per heavy atom. The number of hydrogen-bond acceptors (Lipinski definition) is 3. The molecule has 0 bridgehead atoms. The number of hydrogen-bond donors (Lipinski definition) is 2. The van der Waals surface area contributed by atoms with Crippen molar-refractivity contribution in [3.05, 3.63) is 29.6 Å². The summed E-state index contributed by atoms with van der Waals surface area (Å²) in [6, 6.07) is 4.71. The van der Waals surface area contributed by atoms with Crippen LogP contribution in [0.2, 0.25) is 0 Å². The Morgan fingerprint density at radius 3 is 2.83 bits per heavy atom. The molecular formula is C14H19FN2O. The van der Waals surface area contributed by atoms with Crippen LogP contribution in [0.3, 0.4) is 0 Å². The number of aliphatic hydroxyl groups is 1. The minimum atomic E-state index is -0.274. The molecule has 3 unspecified atom stereocenters. The SMILES string of the molecule is Nc1cc(F)cc(CN2CC3CCC(O)C3C2)c1. The van der Waals surface area contributed by atoms with Crippen LogP contribution in [0.5, 0.6) is 0 Å². The van der Waals surface area contributed by atoms with Crippen molar-refractivity contribution in [1.29, 1.82) is 0 Å². The molecule has 1 aliphatic heterocycles. The number of aliphatic hydroxyl groups excluding tert-OH is 1. The summed E-state index contributed by atoms with van der Waals surface area (Å²) in [7, 11) is 0. The predicted molar refractivity (Wildman–Crippen MR) is 68.3 cm³/mol. The number of fused-ring (bicyclic) bond motifs is 1. The van der Waals surface area contributed by atoms with Crippen molar-refractivity contribution in [3.63, 3.8) is 0 Å². The lowest BCUT2D eigenvalue weighted by molar-refractivity contribution is 0.123. The lowest BCUT2D eigenvalue weighted by atomic mass is 10.00. The van der Waals surface area contributed by atoms with Crippen molar-refractivity contribution < 1.29 is 9.50 Å². The van der Waals surface area contributed by atoms with Gasteiger partial charge in [-0.1, -0.05) is 0 Å². The molecule has 1 aliphatic carbocycles. The molecule has 0 aromatic heterocycles. The van der Waals surface area contributed by atoms with Crippen LogP contribution in [0, 0.1) is 17.7 Å².